The van der Waals surface area contributed by atoms with Gasteiger partial charge in [-0.15, -0.1) is 0 Å². The summed E-state index contributed by atoms with van der Waals surface area (Å²) in [6, 6.07) is 3.35. The maximum atomic E-state index is 14.5. The van der Waals surface area contributed by atoms with Crippen LogP contribution in [0.4, 0.5) is 8.78 Å². The molecule has 1 saturated carbocycles. The van der Waals surface area contributed by atoms with Crippen LogP contribution in [0.2, 0.25) is 0 Å². The second kappa shape index (κ2) is 10.0. The molecule has 1 fully saturated rings. The van der Waals surface area contributed by atoms with Gasteiger partial charge in [-0.05, 0) is 55.6 Å². The van der Waals surface area contributed by atoms with E-state index in [1.165, 1.54) is 19.3 Å². The predicted molar refractivity (Wildman–Crippen MR) is 95.6 cm³/mol. The minimum Gasteiger partial charge on any atom is -0.490 e. The molecule has 0 aromatic heterocycles. The van der Waals surface area contributed by atoms with Crippen molar-refractivity contribution >= 4 is 0 Å². The monoisotopic (exact) mass is 338 g/mol. The molecule has 0 amide bonds. The number of benzene rings is 1. The molecule has 0 aliphatic heterocycles. The highest BCUT2D eigenvalue weighted by Crippen LogP contribution is 2.40. The van der Waals surface area contributed by atoms with Crippen molar-refractivity contribution in [2.75, 3.05) is 6.61 Å². The Kier molecular flexibility index (Phi) is 8.01. The van der Waals surface area contributed by atoms with E-state index in [0.717, 1.165) is 50.9 Å². The molecule has 3 heteroatoms. The van der Waals surface area contributed by atoms with Crippen LogP contribution in [0.25, 0.3) is 0 Å². The van der Waals surface area contributed by atoms with E-state index < -0.39 is 11.6 Å². The van der Waals surface area contributed by atoms with Crippen molar-refractivity contribution in [2.45, 2.75) is 84.0 Å². The van der Waals surface area contributed by atoms with Crippen molar-refractivity contribution in [3.63, 3.8) is 0 Å². The molecule has 0 unspecified atom stereocenters. The van der Waals surface area contributed by atoms with Crippen LogP contribution in [0.15, 0.2) is 12.1 Å². The molecule has 2 rings (SSSR count). The SMILES string of the molecule is CCCCCOc1ccc(C2CCC(CCCC)CC2)c(F)c1F. The molecule has 136 valence electrons. The van der Waals surface area contributed by atoms with Crippen LogP contribution in [-0.4, -0.2) is 6.61 Å². The third kappa shape index (κ3) is 5.19. The lowest BCUT2D eigenvalue weighted by molar-refractivity contribution is 0.280. The summed E-state index contributed by atoms with van der Waals surface area (Å²) in [6.45, 7) is 4.77. The highest BCUT2D eigenvalue weighted by atomic mass is 19.2. The summed E-state index contributed by atoms with van der Waals surface area (Å²) >= 11 is 0. The number of hydrogen-bond acceptors (Lipinski definition) is 1. The summed E-state index contributed by atoms with van der Waals surface area (Å²) in [7, 11) is 0. The van der Waals surface area contributed by atoms with E-state index in [4.69, 9.17) is 4.74 Å². The van der Waals surface area contributed by atoms with Gasteiger partial charge in [0.1, 0.15) is 0 Å². The lowest BCUT2D eigenvalue weighted by Crippen LogP contribution is -2.15. The van der Waals surface area contributed by atoms with Gasteiger partial charge in [-0.1, -0.05) is 52.0 Å². The normalized spacial score (nSPS) is 21.0. The molecule has 0 N–H and O–H groups in total. The maximum Gasteiger partial charge on any atom is 0.200 e. The molecular weight excluding hydrogens is 306 g/mol. The molecule has 0 atom stereocenters. The Morgan fingerprint density at radius 2 is 1.62 bits per heavy atom. The summed E-state index contributed by atoms with van der Waals surface area (Å²) in [5.41, 5.74) is 0.544. The number of ether oxygens (including phenoxy) is 1. The topological polar surface area (TPSA) is 9.23 Å². The van der Waals surface area contributed by atoms with Gasteiger partial charge < -0.3 is 4.74 Å². The van der Waals surface area contributed by atoms with Crippen LogP contribution in [0, 0.1) is 17.6 Å². The molecular formula is C21H32F2O. The van der Waals surface area contributed by atoms with E-state index >= 15 is 0 Å². The van der Waals surface area contributed by atoms with Gasteiger partial charge in [0.05, 0.1) is 6.61 Å². The minimum absolute atomic E-state index is 0.0592. The fourth-order valence-electron chi connectivity index (χ4n) is 3.76. The molecule has 0 radical (unpaired) electrons. The minimum atomic E-state index is -0.808. The molecule has 24 heavy (non-hydrogen) atoms. The van der Waals surface area contributed by atoms with Crippen molar-refractivity contribution in [3.8, 4) is 5.75 Å². The Morgan fingerprint density at radius 3 is 2.29 bits per heavy atom. The van der Waals surface area contributed by atoms with Gasteiger partial charge in [0.2, 0.25) is 5.82 Å². The fourth-order valence-corrected chi connectivity index (χ4v) is 3.76. The van der Waals surface area contributed by atoms with E-state index in [2.05, 4.69) is 13.8 Å². The standard InChI is InChI=1S/C21H32F2O/c1-3-5-7-15-24-19-14-13-18(20(22)21(19)23)17-11-9-16(10-12-17)8-6-4-2/h13-14,16-17H,3-12,15H2,1-2H3. The zero-order valence-corrected chi connectivity index (χ0v) is 15.3. The highest BCUT2D eigenvalue weighted by Gasteiger charge is 2.26. The Balaban J connectivity index is 1.93. The second-order valence-corrected chi connectivity index (χ2v) is 7.20. The maximum absolute atomic E-state index is 14.5. The molecule has 1 aliphatic carbocycles. The Morgan fingerprint density at radius 1 is 0.917 bits per heavy atom. The van der Waals surface area contributed by atoms with E-state index in [0.29, 0.717) is 12.2 Å². The lowest BCUT2D eigenvalue weighted by Gasteiger charge is -2.29. The summed E-state index contributed by atoms with van der Waals surface area (Å²) in [5, 5.41) is 0. The van der Waals surface area contributed by atoms with E-state index in [1.54, 1.807) is 12.1 Å². The molecule has 0 saturated heterocycles. The molecule has 1 aromatic carbocycles. The highest BCUT2D eigenvalue weighted by molar-refractivity contribution is 5.33. The summed E-state index contributed by atoms with van der Waals surface area (Å²) in [5.74, 6) is -0.511. The van der Waals surface area contributed by atoms with Gasteiger partial charge in [0, 0.05) is 0 Å². The Bertz CT molecular complexity index is 493. The Labute approximate surface area is 145 Å². The Hall–Kier alpha value is -1.12. The van der Waals surface area contributed by atoms with Crippen LogP contribution in [0.3, 0.4) is 0 Å². The molecule has 0 heterocycles. The molecule has 1 nitrogen and oxygen atoms in total. The second-order valence-electron chi connectivity index (χ2n) is 7.20. The summed E-state index contributed by atoms with van der Waals surface area (Å²) in [6.07, 6.45) is 11.0. The van der Waals surface area contributed by atoms with Crippen LogP contribution in [0.1, 0.15) is 89.5 Å². The number of hydrogen-bond donors (Lipinski definition) is 0. The fraction of sp³-hybridized carbons (Fsp3) is 0.714. The zero-order chi connectivity index (χ0) is 17.4. The van der Waals surface area contributed by atoms with Gasteiger partial charge in [-0.25, -0.2) is 4.39 Å². The number of rotatable bonds is 9. The predicted octanol–water partition coefficient (Wildman–Crippen LogP) is 7.00. The zero-order valence-electron chi connectivity index (χ0n) is 15.3. The molecule has 0 spiro atoms. The number of halogens is 2. The van der Waals surface area contributed by atoms with Crippen LogP contribution in [-0.2, 0) is 0 Å². The summed E-state index contributed by atoms with van der Waals surface area (Å²) in [4.78, 5) is 0. The van der Waals surface area contributed by atoms with E-state index in [9.17, 15) is 8.78 Å². The van der Waals surface area contributed by atoms with Crippen LogP contribution in [0.5, 0.6) is 5.75 Å². The quantitative estimate of drug-likeness (QED) is 0.440. The van der Waals surface area contributed by atoms with Crippen LogP contribution >= 0.6 is 0 Å². The molecule has 1 aliphatic rings. The van der Waals surface area contributed by atoms with Crippen molar-refractivity contribution < 1.29 is 13.5 Å². The average Bonchev–Trinajstić information content (AvgIpc) is 2.61. The smallest absolute Gasteiger partial charge is 0.200 e. The lowest BCUT2D eigenvalue weighted by atomic mass is 9.77. The van der Waals surface area contributed by atoms with Gasteiger partial charge in [-0.3, -0.25) is 0 Å². The average molecular weight is 338 g/mol. The first kappa shape index (κ1) is 19.2. The van der Waals surface area contributed by atoms with Gasteiger partial charge in [0.25, 0.3) is 0 Å². The van der Waals surface area contributed by atoms with Gasteiger partial charge in [0.15, 0.2) is 11.6 Å². The van der Waals surface area contributed by atoms with Crippen molar-refractivity contribution in [2.24, 2.45) is 5.92 Å². The van der Waals surface area contributed by atoms with Gasteiger partial charge >= 0.3 is 0 Å². The van der Waals surface area contributed by atoms with Crippen molar-refractivity contribution in [1.82, 2.24) is 0 Å². The number of unbranched alkanes of at least 4 members (excludes halogenated alkanes) is 3. The van der Waals surface area contributed by atoms with Crippen molar-refractivity contribution in [3.05, 3.63) is 29.3 Å². The van der Waals surface area contributed by atoms with E-state index in [1.807, 2.05) is 0 Å². The molecule has 0 bridgehead atoms. The van der Waals surface area contributed by atoms with E-state index in [-0.39, 0.29) is 11.7 Å². The third-order valence-corrected chi connectivity index (χ3v) is 5.33. The third-order valence-electron chi connectivity index (χ3n) is 5.33. The first-order valence-corrected chi connectivity index (χ1v) is 9.78. The first-order valence-electron chi connectivity index (χ1n) is 9.78. The largest absolute Gasteiger partial charge is 0.490 e. The summed E-state index contributed by atoms with van der Waals surface area (Å²) < 4.78 is 34.1. The molecule has 1 aromatic rings. The van der Waals surface area contributed by atoms with Crippen molar-refractivity contribution in [1.29, 1.82) is 0 Å². The van der Waals surface area contributed by atoms with Crippen LogP contribution < -0.4 is 4.74 Å². The van der Waals surface area contributed by atoms with Gasteiger partial charge in [-0.2, -0.15) is 4.39 Å². The first-order chi connectivity index (χ1) is 11.7.